The van der Waals surface area contributed by atoms with Gasteiger partial charge in [-0.15, -0.1) is 0 Å². The number of fused-ring (bicyclic) bond motifs is 1. The molecule has 0 aromatic heterocycles. The van der Waals surface area contributed by atoms with Crippen LogP contribution in [0.4, 0.5) is 0 Å². The molecule has 2 aromatic carbocycles. The highest BCUT2D eigenvalue weighted by atomic mass is 16.5. The molecule has 1 saturated heterocycles. The molecule has 1 fully saturated rings. The van der Waals surface area contributed by atoms with Gasteiger partial charge in [0, 0.05) is 43.9 Å². The third kappa shape index (κ3) is 4.54. The number of nitrogens with zero attached hydrogens (tertiary/aromatic N) is 2. The van der Waals surface area contributed by atoms with E-state index in [1.807, 2.05) is 53.4 Å². The molecule has 2 aliphatic heterocycles. The molecule has 1 N–H and O–H groups in total. The number of amides is 1. The molecular formula is C23H28N2O4. The number of piperidine rings is 1. The molecule has 1 unspecified atom stereocenters. The van der Waals surface area contributed by atoms with Crippen LogP contribution in [-0.2, 0) is 6.54 Å². The fourth-order valence-corrected chi connectivity index (χ4v) is 4.22. The second-order valence-corrected chi connectivity index (χ2v) is 7.77. The van der Waals surface area contributed by atoms with Crippen molar-refractivity contribution in [2.24, 2.45) is 0 Å². The number of ether oxygens (including phenoxy) is 2. The number of likely N-dealkylation sites (tertiary alicyclic amines) is 1. The number of rotatable bonds is 7. The number of carbonyl (C=O) groups is 1. The van der Waals surface area contributed by atoms with Gasteiger partial charge in [0.05, 0.1) is 7.11 Å². The summed E-state index contributed by atoms with van der Waals surface area (Å²) in [7, 11) is 1.62. The van der Waals surface area contributed by atoms with Crippen molar-refractivity contribution in [3.05, 3.63) is 59.7 Å². The van der Waals surface area contributed by atoms with Gasteiger partial charge in [-0.3, -0.25) is 4.79 Å². The van der Waals surface area contributed by atoms with E-state index in [0.29, 0.717) is 12.3 Å². The van der Waals surface area contributed by atoms with Crippen molar-refractivity contribution in [1.29, 1.82) is 0 Å². The molecular weight excluding hydrogens is 368 g/mol. The fourth-order valence-electron chi connectivity index (χ4n) is 4.22. The van der Waals surface area contributed by atoms with Crippen LogP contribution in [0.1, 0.15) is 28.8 Å². The Morgan fingerprint density at radius 2 is 1.86 bits per heavy atom. The Morgan fingerprint density at radius 3 is 2.62 bits per heavy atom. The van der Waals surface area contributed by atoms with Gasteiger partial charge < -0.3 is 24.4 Å². The van der Waals surface area contributed by atoms with Crippen molar-refractivity contribution in [2.75, 3.05) is 33.4 Å². The molecule has 0 saturated carbocycles. The van der Waals surface area contributed by atoms with E-state index in [4.69, 9.17) is 9.47 Å². The lowest BCUT2D eigenvalue weighted by Gasteiger charge is -2.37. The van der Waals surface area contributed by atoms with Gasteiger partial charge in [0.1, 0.15) is 24.2 Å². The standard InChI is InChI=1S/C23H28N2O4/c1-28-20-6-4-7-21(13-20)29-16-19(26)15-24-11-9-18(10-12-24)25-14-17-5-2-3-8-22(17)23(25)27/h2-8,13,18-19,26H,9-12,14-16H2,1H3. The third-order valence-corrected chi connectivity index (χ3v) is 5.80. The molecule has 0 radical (unpaired) electrons. The Labute approximate surface area is 171 Å². The summed E-state index contributed by atoms with van der Waals surface area (Å²) < 4.78 is 10.9. The number of methoxy groups -OCH3 is 1. The maximum Gasteiger partial charge on any atom is 0.254 e. The number of aliphatic hydroxyl groups is 1. The summed E-state index contributed by atoms with van der Waals surface area (Å²) in [5, 5.41) is 10.4. The Kier molecular flexibility index (Phi) is 6.02. The smallest absolute Gasteiger partial charge is 0.254 e. The van der Waals surface area contributed by atoms with Gasteiger partial charge in [-0.2, -0.15) is 0 Å². The summed E-state index contributed by atoms with van der Waals surface area (Å²) in [6.45, 7) is 3.29. The first-order valence-electron chi connectivity index (χ1n) is 10.2. The molecule has 2 heterocycles. The monoisotopic (exact) mass is 396 g/mol. The van der Waals surface area contributed by atoms with Crippen molar-refractivity contribution < 1.29 is 19.4 Å². The first-order chi connectivity index (χ1) is 14.1. The fraction of sp³-hybridized carbons (Fsp3) is 0.435. The minimum Gasteiger partial charge on any atom is -0.497 e. The molecule has 1 amide bonds. The van der Waals surface area contributed by atoms with E-state index in [-0.39, 0.29) is 18.6 Å². The molecule has 2 aromatic rings. The van der Waals surface area contributed by atoms with E-state index in [1.165, 1.54) is 0 Å². The van der Waals surface area contributed by atoms with E-state index in [0.717, 1.165) is 49.4 Å². The summed E-state index contributed by atoms with van der Waals surface area (Å²) in [5.74, 6) is 1.58. The van der Waals surface area contributed by atoms with E-state index in [1.54, 1.807) is 7.11 Å². The highest BCUT2D eigenvalue weighted by molar-refractivity contribution is 5.98. The zero-order chi connectivity index (χ0) is 20.2. The summed E-state index contributed by atoms with van der Waals surface area (Å²) in [6, 6.07) is 15.5. The van der Waals surface area contributed by atoms with Crippen molar-refractivity contribution in [1.82, 2.24) is 9.80 Å². The van der Waals surface area contributed by atoms with Crippen molar-refractivity contribution in [2.45, 2.75) is 31.5 Å². The molecule has 6 heteroatoms. The maximum atomic E-state index is 12.7. The topological polar surface area (TPSA) is 62.2 Å². The molecule has 154 valence electrons. The zero-order valence-electron chi connectivity index (χ0n) is 16.8. The molecule has 4 rings (SSSR count). The van der Waals surface area contributed by atoms with Crippen LogP contribution in [0.2, 0.25) is 0 Å². The van der Waals surface area contributed by atoms with Crippen LogP contribution in [-0.4, -0.2) is 66.3 Å². The Hall–Kier alpha value is -2.57. The molecule has 0 aliphatic carbocycles. The molecule has 0 spiro atoms. The van der Waals surface area contributed by atoms with E-state index in [2.05, 4.69) is 4.90 Å². The van der Waals surface area contributed by atoms with E-state index < -0.39 is 6.10 Å². The Balaban J connectivity index is 1.22. The first kappa shape index (κ1) is 19.7. The second kappa shape index (κ2) is 8.84. The molecule has 2 aliphatic rings. The number of carbonyl (C=O) groups excluding carboxylic acids is 1. The van der Waals surface area contributed by atoms with Crippen molar-refractivity contribution >= 4 is 5.91 Å². The first-order valence-corrected chi connectivity index (χ1v) is 10.2. The van der Waals surface area contributed by atoms with Gasteiger partial charge >= 0.3 is 0 Å². The normalized spacial score (nSPS) is 18.6. The van der Waals surface area contributed by atoms with Gasteiger partial charge in [-0.05, 0) is 36.6 Å². The lowest BCUT2D eigenvalue weighted by Crippen LogP contribution is -2.47. The predicted molar refractivity (Wildman–Crippen MR) is 110 cm³/mol. The number of aliphatic hydroxyl groups excluding tert-OH is 1. The number of benzene rings is 2. The van der Waals surface area contributed by atoms with Gasteiger partial charge in [0.25, 0.3) is 5.91 Å². The number of hydrogen-bond donors (Lipinski definition) is 1. The lowest BCUT2D eigenvalue weighted by atomic mass is 10.0. The molecule has 1 atom stereocenters. The van der Waals surface area contributed by atoms with Gasteiger partial charge in [-0.25, -0.2) is 0 Å². The zero-order valence-corrected chi connectivity index (χ0v) is 16.8. The van der Waals surface area contributed by atoms with Crippen LogP contribution in [0.5, 0.6) is 11.5 Å². The molecule has 0 bridgehead atoms. The molecule has 29 heavy (non-hydrogen) atoms. The van der Waals surface area contributed by atoms with E-state index >= 15 is 0 Å². The lowest BCUT2D eigenvalue weighted by molar-refractivity contribution is 0.0395. The van der Waals surface area contributed by atoms with Crippen molar-refractivity contribution in [3.63, 3.8) is 0 Å². The van der Waals surface area contributed by atoms with Crippen molar-refractivity contribution in [3.8, 4) is 11.5 Å². The quantitative estimate of drug-likeness (QED) is 0.779. The number of hydrogen-bond acceptors (Lipinski definition) is 5. The number of β-amino-alcohol motifs (C(OH)–C–C–N with tert-alkyl or cyclic N) is 1. The maximum absolute atomic E-state index is 12.7. The van der Waals surface area contributed by atoms with Crippen LogP contribution in [0, 0.1) is 0 Å². The summed E-state index contributed by atoms with van der Waals surface area (Å²) in [4.78, 5) is 16.9. The minimum atomic E-state index is -0.560. The SMILES string of the molecule is COc1cccc(OCC(O)CN2CCC(N3Cc4ccccc4C3=O)CC2)c1. The average molecular weight is 396 g/mol. The minimum absolute atomic E-state index is 0.158. The third-order valence-electron chi connectivity index (χ3n) is 5.80. The van der Waals surface area contributed by atoms with E-state index in [9.17, 15) is 9.90 Å². The van der Waals surface area contributed by atoms with Gasteiger partial charge in [-0.1, -0.05) is 24.3 Å². The second-order valence-electron chi connectivity index (χ2n) is 7.77. The van der Waals surface area contributed by atoms with Crippen LogP contribution in [0.15, 0.2) is 48.5 Å². The van der Waals surface area contributed by atoms with Crippen LogP contribution in [0.25, 0.3) is 0 Å². The van der Waals surface area contributed by atoms with Gasteiger partial charge in [0.15, 0.2) is 0 Å². The predicted octanol–water partition coefficient (Wildman–Crippen LogP) is 2.56. The van der Waals surface area contributed by atoms with Crippen LogP contribution < -0.4 is 9.47 Å². The summed E-state index contributed by atoms with van der Waals surface area (Å²) in [6.07, 6.45) is 1.31. The average Bonchev–Trinajstić information content (AvgIpc) is 3.10. The highest BCUT2D eigenvalue weighted by Crippen LogP contribution is 2.28. The Bertz CT molecular complexity index is 848. The summed E-state index contributed by atoms with van der Waals surface area (Å²) >= 11 is 0. The highest BCUT2D eigenvalue weighted by Gasteiger charge is 2.34. The Morgan fingerprint density at radius 1 is 1.10 bits per heavy atom. The largest absolute Gasteiger partial charge is 0.497 e. The summed E-state index contributed by atoms with van der Waals surface area (Å²) in [5.41, 5.74) is 1.98. The van der Waals surface area contributed by atoms with Gasteiger partial charge in [0.2, 0.25) is 0 Å². The molecule has 6 nitrogen and oxygen atoms in total. The van der Waals surface area contributed by atoms with Crippen LogP contribution in [0.3, 0.4) is 0 Å². The van der Waals surface area contributed by atoms with Crippen LogP contribution >= 0.6 is 0 Å².